The van der Waals surface area contributed by atoms with Gasteiger partial charge in [-0.15, -0.1) is 11.8 Å². The molecule has 2 aromatic carbocycles. The molecule has 2 heterocycles. The van der Waals surface area contributed by atoms with Gasteiger partial charge in [0.15, 0.2) is 0 Å². The van der Waals surface area contributed by atoms with Crippen molar-refractivity contribution in [3.8, 4) is 0 Å². The first-order valence-electron chi connectivity index (χ1n) is 8.81. The summed E-state index contributed by atoms with van der Waals surface area (Å²) in [6.45, 7) is 0.397. The number of halogens is 2. The maximum Gasteiger partial charge on any atom is 0.255 e. The Bertz CT molecular complexity index is 1040. The number of hydrogen-bond acceptors (Lipinski definition) is 4. The van der Waals surface area contributed by atoms with Gasteiger partial charge in [-0.25, -0.2) is 4.39 Å². The van der Waals surface area contributed by atoms with E-state index in [1.807, 2.05) is 18.2 Å². The Balaban J connectivity index is 1.48. The van der Waals surface area contributed by atoms with Crippen molar-refractivity contribution >= 4 is 45.2 Å². The number of amides is 2. The highest BCUT2D eigenvalue weighted by Gasteiger charge is 2.33. The van der Waals surface area contributed by atoms with Gasteiger partial charge in [0.2, 0.25) is 5.91 Å². The van der Waals surface area contributed by atoms with E-state index in [0.29, 0.717) is 22.3 Å². The van der Waals surface area contributed by atoms with E-state index < -0.39 is 11.7 Å². The number of rotatable bonds is 5. The molecule has 1 aliphatic heterocycles. The molecule has 0 spiro atoms. The molecule has 2 amide bonds. The van der Waals surface area contributed by atoms with Gasteiger partial charge in [-0.2, -0.15) is 0 Å². The van der Waals surface area contributed by atoms with Crippen LogP contribution >= 0.6 is 27.7 Å². The van der Waals surface area contributed by atoms with Crippen LogP contribution in [0.4, 0.5) is 10.1 Å². The fourth-order valence-corrected chi connectivity index (χ4v) is 4.58. The smallest absolute Gasteiger partial charge is 0.255 e. The highest BCUT2D eigenvalue weighted by atomic mass is 79.9. The predicted octanol–water partition coefficient (Wildman–Crippen LogP) is 5.21. The second-order valence-electron chi connectivity index (χ2n) is 6.46. The number of carbonyl (C=O) groups is 2. The molecule has 1 saturated heterocycles. The molecule has 148 valence electrons. The van der Waals surface area contributed by atoms with Crippen molar-refractivity contribution in [1.82, 2.24) is 4.90 Å². The molecule has 29 heavy (non-hydrogen) atoms. The van der Waals surface area contributed by atoms with Crippen molar-refractivity contribution in [2.45, 2.75) is 11.9 Å². The van der Waals surface area contributed by atoms with Gasteiger partial charge in [-0.3, -0.25) is 9.59 Å². The van der Waals surface area contributed by atoms with Gasteiger partial charge in [0.1, 0.15) is 17.0 Å². The summed E-state index contributed by atoms with van der Waals surface area (Å²) in [4.78, 5) is 26.5. The average Bonchev–Trinajstić information content (AvgIpc) is 3.35. The number of nitrogens with one attached hydrogen (secondary N) is 1. The van der Waals surface area contributed by atoms with Crippen molar-refractivity contribution in [2.75, 3.05) is 11.1 Å². The van der Waals surface area contributed by atoms with Crippen LogP contribution in [0.25, 0.3) is 0 Å². The number of hydrogen-bond donors (Lipinski definition) is 1. The average molecular weight is 475 g/mol. The molecule has 0 aliphatic carbocycles. The van der Waals surface area contributed by atoms with Crippen LogP contribution in [0.15, 0.2) is 69.8 Å². The highest BCUT2D eigenvalue weighted by Crippen LogP contribution is 2.39. The molecule has 1 aliphatic rings. The Kier molecular flexibility index (Phi) is 5.73. The van der Waals surface area contributed by atoms with Crippen LogP contribution < -0.4 is 5.32 Å². The Hall–Kier alpha value is -2.58. The van der Waals surface area contributed by atoms with E-state index in [1.165, 1.54) is 23.9 Å². The molecule has 5 nitrogen and oxygen atoms in total. The Morgan fingerprint density at radius 3 is 2.72 bits per heavy atom. The molecule has 0 saturated carbocycles. The monoisotopic (exact) mass is 474 g/mol. The lowest BCUT2D eigenvalue weighted by molar-refractivity contribution is -0.128. The third kappa shape index (κ3) is 4.38. The Labute approximate surface area is 179 Å². The van der Waals surface area contributed by atoms with E-state index in [2.05, 4.69) is 21.2 Å². The third-order valence-electron chi connectivity index (χ3n) is 4.51. The summed E-state index contributed by atoms with van der Waals surface area (Å²) in [5, 5.41) is 2.43. The van der Waals surface area contributed by atoms with Crippen LogP contribution in [0, 0.1) is 5.82 Å². The van der Waals surface area contributed by atoms with Gasteiger partial charge in [0.25, 0.3) is 5.91 Å². The SMILES string of the molecule is O=C(Nc1ccc(Br)cc1F)c1ccc([C@@H]2SCC(=O)N2Cc2ccco2)cc1. The zero-order valence-corrected chi connectivity index (χ0v) is 17.5. The van der Waals surface area contributed by atoms with Crippen molar-refractivity contribution in [2.24, 2.45) is 0 Å². The van der Waals surface area contributed by atoms with Crippen LogP contribution in [-0.4, -0.2) is 22.5 Å². The summed E-state index contributed by atoms with van der Waals surface area (Å²) < 4.78 is 19.9. The normalized spacial score (nSPS) is 16.3. The van der Waals surface area contributed by atoms with Gasteiger partial charge in [0.05, 0.1) is 24.2 Å². The fraction of sp³-hybridized carbons (Fsp3) is 0.143. The lowest BCUT2D eigenvalue weighted by Crippen LogP contribution is -2.27. The minimum Gasteiger partial charge on any atom is -0.467 e. The van der Waals surface area contributed by atoms with Crippen molar-refractivity contribution in [1.29, 1.82) is 0 Å². The fourth-order valence-electron chi connectivity index (χ4n) is 3.06. The Morgan fingerprint density at radius 1 is 1.24 bits per heavy atom. The highest BCUT2D eigenvalue weighted by molar-refractivity contribution is 9.10. The summed E-state index contributed by atoms with van der Waals surface area (Å²) in [6, 6.07) is 15.1. The number of furan rings is 1. The maximum atomic E-state index is 13.9. The molecule has 0 unspecified atom stereocenters. The van der Waals surface area contributed by atoms with Crippen LogP contribution in [0.1, 0.15) is 27.1 Å². The van der Waals surface area contributed by atoms with E-state index >= 15 is 0 Å². The molecule has 1 N–H and O–H groups in total. The molecular weight excluding hydrogens is 459 g/mol. The van der Waals surface area contributed by atoms with Crippen LogP contribution in [-0.2, 0) is 11.3 Å². The molecule has 0 radical (unpaired) electrons. The molecule has 0 bridgehead atoms. The molecule has 1 atom stereocenters. The Morgan fingerprint density at radius 2 is 2.03 bits per heavy atom. The maximum absolute atomic E-state index is 13.9. The van der Waals surface area contributed by atoms with Crippen molar-refractivity contribution < 1.29 is 18.4 Å². The third-order valence-corrected chi connectivity index (χ3v) is 6.26. The summed E-state index contributed by atoms with van der Waals surface area (Å²) in [6.07, 6.45) is 1.58. The first kappa shape index (κ1) is 19.7. The summed E-state index contributed by atoms with van der Waals surface area (Å²) in [5.41, 5.74) is 1.44. The molecule has 8 heteroatoms. The van der Waals surface area contributed by atoms with E-state index in [-0.39, 0.29) is 17.0 Å². The van der Waals surface area contributed by atoms with Gasteiger partial charge in [-0.05, 0) is 48.0 Å². The molecule has 1 aromatic heterocycles. The first-order chi connectivity index (χ1) is 14.0. The van der Waals surface area contributed by atoms with Gasteiger partial charge >= 0.3 is 0 Å². The number of nitrogens with zero attached hydrogens (tertiary/aromatic N) is 1. The lowest BCUT2D eigenvalue weighted by atomic mass is 10.1. The van der Waals surface area contributed by atoms with Crippen molar-refractivity contribution in [3.05, 3.63) is 88.0 Å². The zero-order chi connectivity index (χ0) is 20.4. The van der Waals surface area contributed by atoms with Crippen LogP contribution in [0.2, 0.25) is 0 Å². The number of carbonyl (C=O) groups excluding carboxylic acids is 2. The van der Waals surface area contributed by atoms with Crippen LogP contribution in [0.5, 0.6) is 0 Å². The second-order valence-corrected chi connectivity index (χ2v) is 8.45. The van der Waals surface area contributed by atoms with Gasteiger partial charge in [-0.1, -0.05) is 28.1 Å². The minimum atomic E-state index is -0.515. The number of benzene rings is 2. The van der Waals surface area contributed by atoms with Gasteiger partial charge < -0.3 is 14.6 Å². The van der Waals surface area contributed by atoms with E-state index in [9.17, 15) is 14.0 Å². The largest absolute Gasteiger partial charge is 0.467 e. The summed E-state index contributed by atoms with van der Waals surface area (Å²) in [7, 11) is 0. The molecule has 4 rings (SSSR count). The second kappa shape index (κ2) is 8.42. The van der Waals surface area contributed by atoms with E-state index in [4.69, 9.17) is 4.42 Å². The molecule has 3 aromatic rings. The first-order valence-corrected chi connectivity index (χ1v) is 10.7. The standard InChI is InChI=1S/C21H16BrFN2O3S/c22-15-7-8-18(17(23)10-15)24-20(27)13-3-5-14(6-4-13)21-25(19(26)12-29-21)11-16-2-1-9-28-16/h1-10,21H,11-12H2,(H,24,27)/t21-/m0/s1. The molecular formula is C21H16BrFN2O3S. The van der Waals surface area contributed by atoms with Crippen LogP contribution in [0.3, 0.4) is 0 Å². The van der Waals surface area contributed by atoms with Crippen molar-refractivity contribution in [3.63, 3.8) is 0 Å². The zero-order valence-electron chi connectivity index (χ0n) is 15.1. The molecule has 1 fully saturated rings. The summed E-state index contributed by atoms with van der Waals surface area (Å²) in [5.74, 6) is 0.248. The number of anilines is 1. The van der Waals surface area contributed by atoms with Gasteiger partial charge in [0, 0.05) is 10.0 Å². The summed E-state index contributed by atoms with van der Waals surface area (Å²) >= 11 is 4.72. The minimum absolute atomic E-state index is 0.0453. The van der Waals surface area contributed by atoms with E-state index in [1.54, 1.807) is 35.4 Å². The van der Waals surface area contributed by atoms with E-state index in [0.717, 1.165) is 11.3 Å². The predicted molar refractivity (Wildman–Crippen MR) is 113 cm³/mol. The lowest BCUT2D eigenvalue weighted by Gasteiger charge is -2.23. The quantitative estimate of drug-likeness (QED) is 0.551. The topological polar surface area (TPSA) is 62.6 Å². The number of thioether (sulfide) groups is 1.